The van der Waals surface area contributed by atoms with Crippen molar-refractivity contribution in [1.82, 2.24) is 24.4 Å². The number of hydrogen-bond acceptors (Lipinski definition) is 7. The molecule has 180 valence electrons. The van der Waals surface area contributed by atoms with Crippen LogP contribution in [0.3, 0.4) is 0 Å². The van der Waals surface area contributed by atoms with E-state index in [2.05, 4.69) is 27.1 Å². The molecule has 0 saturated carbocycles. The van der Waals surface area contributed by atoms with E-state index in [0.29, 0.717) is 37.4 Å². The Kier molecular flexibility index (Phi) is 5.55. The highest BCUT2D eigenvalue weighted by Gasteiger charge is 2.36. The Balaban J connectivity index is 1.60. The summed E-state index contributed by atoms with van der Waals surface area (Å²) in [6.07, 6.45) is 4.63. The van der Waals surface area contributed by atoms with E-state index in [1.807, 2.05) is 4.90 Å². The van der Waals surface area contributed by atoms with E-state index in [1.165, 1.54) is 11.1 Å². The van der Waals surface area contributed by atoms with E-state index in [0.717, 1.165) is 43.2 Å². The molecule has 0 radical (unpaired) electrons. The van der Waals surface area contributed by atoms with Gasteiger partial charge in [0.15, 0.2) is 11.5 Å². The number of aliphatic carboxylic acids is 1. The topological polar surface area (TPSA) is 139 Å². The predicted octanol–water partition coefficient (Wildman–Crippen LogP) is 2.08. The zero-order valence-electron chi connectivity index (χ0n) is 19.6. The molecule has 5 rings (SSSR count). The molecule has 0 amide bonds. The van der Waals surface area contributed by atoms with Gasteiger partial charge < -0.3 is 20.6 Å². The summed E-state index contributed by atoms with van der Waals surface area (Å²) in [6, 6.07) is 4.46. The fraction of sp³-hybridized carbons (Fsp3) is 0.500. The zero-order valence-corrected chi connectivity index (χ0v) is 19.6. The van der Waals surface area contributed by atoms with Crippen molar-refractivity contribution in [3.05, 3.63) is 44.9 Å². The summed E-state index contributed by atoms with van der Waals surface area (Å²) < 4.78 is 7.28. The molecule has 10 heteroatoms. The predicted molar refractivity (Wildman–Crippen MR) is 127 cm³/mol. The molecule has 4 bridgehead atoms. The van der Waals surface area contributed by atoms with Crippen molar-refractivity contribution >= 4 is 23.0 Å². The molecule has 0 saturated heterocycles. The maximum Gasteiger partial charge on any atom is 0.328 e. The minimum Gasteiger partial charge on any atom is -0.480 e. The van der Waals surface area contributed by atoms with Crippen LogP contribution in [0.2, 0.25) is 0 Å². The molecule has 0 aliphatic carbocycles. The number of carboxylic acid groups (broad SMARTS) is 1. The third kappa shape index (κ3) is 3.91. The number of benzene rings is 1. The van der Waals surface area contributed by atoms with Crippen LogP contribution in [0, 0.1) is 0 Å². The molecule has 4 N–H and O–H groups in total. The SMILES string of the molecule is CC(C)(C(=O)O)N1CCc2c3cc(cc2C1)Cn1c(=O)[nH]c2c(N)nc(nc21)OCCCCC3. The summed E-state index contributed by atoms with van der Waals surface area (Å²) in [5.41, 5.74) is 10.3. The van der Waals surface area contributed by atoms with Crippen LogP contribution in [0.5, 0.6) is 6.01 Å². The molecule has 0 unspecified atom stereocenters. The first-order chi connectivity index (χ1) is 16.2. The van der Waals surface area contributed by atoms with E-state index < -0.39 is 11.5 Å². The number of H-pyrrole nitrogens is 1. The first kappa shape index (κ1) is 22.4. The fourth-order valence-electron chi connectivity index (χ4n) is 4.97. The van der Waals surface area contributed by atoms with Gasteiger partial charge in [-0.05, 0) is 68.2 Å². The van der Waals surface area contributed by atoms with Gasteiger partial charge >= 0.3 is 17.7 Å². The van der Waals surface area contributed by atoms with E-state index in [-0.39, 0.29) is 17.5 Å². The summed E-state index contributed by atoms with van der Waals surface area (Å²) in [5, 5.41) is 9.73. The maximum atomic E-state index is 12.8. The second-order valence-corrected chi connectivity index (χ2v) is 9.69. The number of nitrogen functional groups attached to an aromatic ring is 1. The molecule has 0 fully saturated rings. The number of carbonyl (C=O) groups is 1. The minimum absolute atomic E-state index is 0.174. The van der Waals surface area contributed by atoms with Crippen LogP contribution < -0.4 is 16.2 Å². The van der Waals surface area contributed by atoms with Gasteiger partial charge in [-0.2, -0.15) is 9.97 Å². The summed E-state index contributed by atoms with van der Waals surface area (Å²) in [7, 11) is 0. The Morgan fingerprint density at radius 3 is 2.74 bits per heavy atom. The average molecular weight is 467 g/mol. The van der Waals surface area contributed by atoms with Crippen molar-refractivity contribution in [1.29, 1.82) is 0 Å². The number of nitrogens with zero attached hydrogens (tertiary/aromatic N) is 4. The molecule has 3 aromatic rings. The van der Waals surface area contributed by atoms with Crippen molar-refractivity contribution in [3.8, 4) is 6.01 Å². The Bertz CT molecular complexity index is 1330. The number of fused-ring (bicyclic) bond motifs is 5. The van der Waals surface area contributed by atoms with E-state index in [4.69, 9.17) is 10.5 Å². The highest BCUT2D eigenvalue weighted by molar-refractivity contribution is 5.82. The maximum absolute atomic E-state index is 12.8. The highest BCUT2D eigenvalue weighted by atomic mass is 16.5. The Labute approximate surface area is 196 Å². The van der Waals surface area contributed by atoms with Crippen LogP contribution in [0.4, 0.5) is 5.82 Å². The molecule has 2 aromatic heterocycles. The summed E-state index contributed by atoms with van der Waals surface area (Å²) in [6.45, 7) is 5.56. The smallest absolute Gasteiger partial charge is 0.328 e. The van der Waals surface area contributed by atoms with Crippen molar-refractivity contribution in [2.24, 2.45) is 0 Å². The van der Waals surface area contributed by atoms with Gasteiger partial charge in [-0.1, -0.05) is 12.1 Å². The quantitative estimate of drug-likeness (QED) is 0.522. The van der Waals surface area contributed by atoms with E-state index in [1.54, 1.807) is 18.4 Å². The molecule has 0 spiro atoms. The number of anilines is 1. The number of imidazole rings is 1. The van der Waals surface area contributed by atoms with E-state index in [9.17, 15) is 14.7 Å². The summed E-state index contributed by atoms with van der Waals surface area (Å²) in [4.78, 5) is 38.1. The van der Waals surface area contributed by atoms with Crippen molar-refractivity contribution < 1.29 is 14.6 Å². The van der Waals surface area contributed by atoms with Gasteiger partial charge in [-0.15, -0.1) is 0 Å². The molecule has 4 heterocycles. The number of ether oxygens (including phenoxy) is 1. The monoisotopic (exact) mass is 466 g/mol. The molecule has 0 atom stereocenters. The molecule has 34 heavy (non-hydrogen) atoms. The number of rotatable bonds is 2. The van der Waals surface area contributed by atoms with Crippen LogP contribution in [-0.4, -0.2) is 54.2 Å². The Morgan fingerprint density at radius 2 is 1.94 bits per heavy atom. The number of aryl methyl sites for hydroxylation is 1. The van der Waals surface area contributed by atoms with Gasteiger partial charge in [0.2, 0.25) is 0 Å². The fourth-order valence-corrected chi connectivity index (χ4v) is 4.97. The first-order valence-corrected chi connectivity index (χ1v) is 11.7. The van der Waals surface area contributed by atoms with Gasteiger partial charge in [0, 0.05) is 13.1 Å². The molecular weight excluding hydrogens is 436 g/mol. The number of carboxylic acids is 1. The number of hydrogen-bond donors (Lipinski definition) is 3. The lowest BCUT2D eigenvalue weighted by Crippen LogP contribution is -2.51. The molecule has 2 aliphatic heterocycles. The lowest BCUT2D eigenvalue weighted by atomic mass is 9.87. The van der Waals surface area contributed by atoms with Crippen molar-refractivity contribution in [2.45, 2.75) is 64.6 Å². The third-order valence-electron chi connectivity index (χ3n) is 7.09. The summed E-state index contributed by atoms with van der Waals surface area (Å²) >= 11 is 0. The number of nitrogens with one attached hydrogen (secondary N) is 1. The van der Waals surface area contributed by atoms with Crippen LogP contribution in [0.25, 0.3) is 11.2 Å². The Hall–Kier alpha value is -3.40. The van der Waals surface area contributed by atoms with Crippen molar-refractivity contribution in [2.75, 3.05) is 18.9 Å². The second kappa shape index (κ2) is 8.43. The average Bonchev–Trinajstić information content (AvgIpc) is 3.10. The normalized spacial score (nSPS) is 17.2. The first-order valence-electron chi connectivity index (χ1n) is 11.7. The number of aromatic nitrogens is 4. The molecule has 2 aliphatic rings. The van der Waals surface area contributed by atoms with Crippen LogP contribution in [-0.2, 0) is 30.7 Å². The van der Waals surface area contributed by atoms with Crippen molar-refractivity contribution in [3.63, 3.8) is 0 Å². The van der Waals surface area contributed by atoms with Gasteiger partial charge in [-0.25, -0.2) is 4.79 Å². The van der Waals surface area contributed by atoms with Gasteiger partial charge in [0.1, 0.15) is 11.1 Å². The largest absolute Gasteiger partial charge is 0.480 e. The van der Waals surface area contributed by atoms with Gasteiger partial charge in [-0.3, -0.25) is 14.3 Å². The standard InChI is InChI=1S/C24H30N6O4/c1-24(2,21(31)32)29-8-7-17-15-6-4-3-5-9-34-22-27-19(25)18-20(28-22)30(23(33)26-18)12-14(10-15)11-16(17)13-29/h10-11H,3-9,12-13H2,1-2H3,(H,26,33)(H,31,32)(H2,25,27,28). The molecule has 1 aromatic carbocycles. The molecule has 10 nitrogen and oxygen atoms in total. The summed E-state index contributed by atoms with van der Waals surface area (Å²) in [5.74, 6) is -0.650. The van der Waals surface area contributed by atoms with Crippen LogP contribution in [0.15, 0.2) is 16.9 Å². The lowest BCUT2D eigenvalue weighted by Gasteiger charge is -2.39. The van der Waals surface area contributed by atoms with Gasteiger partial charge in [0.05, 0.1) is 13.2 Å². The van der Waals surface area contributed by atoms with E-state index >= 15 is 0 Å². The Morgan fingerprint density at radius 1 is 1.15 bits per heavy atom. The highest BCUT2D eigenvalue weighted by Crippen LogP contribution is 2.31. The zero-order chi connectivity index (χ0) is 24.0. The number of aromatic amines is 1. The third-order valence-corrected chi connectivity index (χ3v) is 7.09. The van der Waals surface area contributed by atoms with Crippen LogP contribution in [0.1, 0.15) is 55.4 Å². The van der Waals surface area contributed by atoms with Crippen LogP contribution >= 0.6 is 0 Å². The minimum atomic E-state index is -0.955. The molecular formula is C24H30N6O4. The van der Waals surface area contributed by atoms with Gasteiger partial charge in [0.25, 0.3) is 0 Å². The number of nitrogens with two attached hydrogens (primary N) is 1. The lowest BCUT2D eigenvalue weighted by molar-refractivity contribution is -0.150. The second-order valence-electron chi connectivity index (χ2n) is 9.69.